The number of rotatable bonds is 6. The van der Waals surface area contributed by atoms with E-state index in [0.717, 1.165) is 31.2 Å². The maximum atomic E-state index is 12.2. The molecule has 1 aromatic rings. The number of halogens is 1. The van der Waals surface area contributed by atoms with E-state index < -0.39 is 5.60 Å². The molecule has 7 nitrogen and oxygen atoms in total. The number of carbonyl (C=O) groups is 1. The molecule has 8 heteroatoms. The van der Waals surface area contributed by atoms with Crippen LogP contribution < -0.4 is 20.5 Å². The highest BCUT2D eigenvalue weighted by atomic mass is 127. The van der Waals surface area contributed by atoms with Crippen LogP contribution in [0.2, 0.25) is 0 Å². The van der Waals surface area contributed by atoms with Crippen LogP contribution in [0.5, 0.6) is 11.5 Å². The van der Waals surface area contributed by atoms with Gasteiger partial charge < -0.3 is 25.3 Å². The van der Waals surface area contributed by atoms with Gasteiger partial charge in [0.15, 0.2) is 17.5 Å². The molecule has 0 radical (unpaired) electrons. The van der Waals surface area contributed by atoms with Crippen molar-refractivity contribution in [1.82, 2.24) is 5.32 Å². The van der Waals surface area contributed by atoms with Crippen LogP contribution >= 0.6 is 24.0 Å². The Morgan fingerprint density at radius 1 is 1.14 bits per heavy atom. The Bertz CT molecular complexity index is 696. The number of aliphatic imine (C=N–C) groups is 1. The summed E-state index contributed by atoms with van der Waals surface area (Å²) in [5.41, 5.74) is 6.59. The van der Waals surface area contributed by atoms with Gasteiger partial charge in [0.25, 0.3) is 0 Å². The second-order valence-corrected chi connectivity index (χ2v) is 8.12. The van der Waals surface area contributed by atoms with Crippen molar-refractivity contribution >= 4 is 35.9 Å². The van der Waals surface area contributed by atoms with Gasteiger partial charge in [-0.25, -0.2) is 4.99 Å². The number of carbonyl (C=O) groups excluding carboxylic acids is 1. The van der Waals surface area contributed by atoms with Gasteiger partial charge in [-0.05, 0) is 64.2 Å². The van der Waals surface area contributed by atoms with Crippen LogP contribution in [0.15, 0.2) is 23.2 Å². The van der Waals surface area contributed by atoms with Crippen molar-refractivity contribution in [2.45, 2.75) is 64.6 Å². The predicted molar refractivity (Wildman–Crippen MR) is 125 cm³/mol. The zero-order valence-corrected chi connectivity index (χ0v) is 20.3. The largest absolute Gasteiger partial charge is 0.493 e. The first-order chi connectivity index (χ1) is 13.2. The minimum Gasteiger partial charge on any atom is -0.493 e. The van der Waals surface area contributed by atoms with Gasteiger partial charge in [0.05, 0.1) is 26.7 Å². The van der Waals surface area contributed by atoms with E-state index in [1.165, 1.54) is 0 Å². The summed E-state index contributed by atoms with van der Waals surface area (Å²) in [5.74, 6) is 1.64. The average Bonchev–Trinajstić information content (AvgIpc) is 2.65. The van der Waals surface area contributed by atoms with Crippen molar-refractivity contribution in [2.75, 3.05) is 14.2 Å². The van der Waals surface area contributed by atoms with Gasteiger partial charge in [0, 0.05) is 6.04 Å². The molecule has 0 spiro atoms. The first-order valence-electron chi connectivity index (χ1n) is 9.72. The highest BCUT2D eigenvalue weighted by Crippen LogP contribution is 2.28. The number of nitrogens with two attached hydrogens (primary N) is 1. The van der Waals surface area contributed by atoms with Crippen molar-refractivity contribution in [3.05, 3.63) is 23.8 Å². The number of nitrogens with zero attached hydrogens (tertiary/aromatic N) is 1. The van der Waals surface area contributed by atoms with Crippen molar-refractivity contribution in [3.8, 4) is 11.5 Å². The Kier molecular flexibility index (Phi) is 10.0. The highest BCUT2D eigenvalue weighted by Gasteiger charge is 2.30. The summed E-state index contributed by atoms with van der Waals surface area (Å²) >= 11 is 0. The Morgan fingerprint density at radius 3 is 2.31 bits per heavy atom. The molecule has 0 heterocycles. The number of hydrogen-bond acceptors (Lipinski definition) is 5. The van der Waals surface area contributed by atoms with E-state index in [0.29, 0.717) is 24.0 Å². The van der Waals surface area contributed by atoms with Crippen molar-refractivity contribution in [2.24, 2.45) is 16.6 Å². The Morgan fingerprint density at radius 2 is 1.76 bits per heavy atom. The van der Waals surface area contributed by atoms with E-state index in [2.05, 4.69) is 10.3 Å². The quantitative estimate of drug-likeness (QED) is 0.258. The smallest absolute Gasteiger partial charge is 0.309 e. The van der Waals surface area contributed by atoms with Crippen LogP contribution in [0, 0.1) is 5.92 Å². The first-order valence-corrected chi connectivity index (χ1v) is 9.72. The maximum Gasteiger partial charge on any atom is 0.309 e. The summed E-state index contributed by atoms with van der Waals surface area (Å²) in [6.07, 6.45) is 3.35. The number of ether oxygens (including phenoxy) is 3. The van der Waals surface area contributed by atoms with Gasteiger partial charge in [-0.3, -0.25) is 4.79 Å². The molecule has 0 aromatic heterocycles. The Hall–Kier alpha value is -1.71. The molecular formula is C21H34IN3O4. The molecule has 1 aliphatic rings. The molecular weight excluding hydrogens is 485 g/mol. The number of nitrogens with one attached hydrogen (secondary N) is 1. The van der Waals surface area contributed by atoms with Gasteiger partial charge in [0.1, 0.15) is 5.60 Å². The summed E-state index contributed by atoms with van der Waals surface area (Å²) in [4.78, 5) is 16.6. The SMILES string of the molecule is COc1ccc(CN=C(N)NC2CCC(C(=O)OC(C)(C)C)CC2)cc1OC.I. The van der Waals surface area contributed by atoms with Crippen LogP contribution in [0.25, 0.3) is 0 Å². The minimum atomic E-state index is -0.437. The number of benzene rings is 1. The lowest BCUT2D eigenvalue weighted by Gasteiger charge is -2.30. The van der Waals surface area contributed by atoms with E-state index in [1.807, 2.05) is 39.0 Å². The fraction of sp³-hybridized carbons (Fsp3) is 0.619. The van der Waals surface area contributed by atoms with Crippen LogP contribution in [-0.2, 0) is 16.1 Å². The second kappa shape index (κ2) is 11.5. The summed E-state index contributed by atoms with van der Waals surface area (Å²) in [7, 11) is 3.21. The molecule has 0 amide bonds. The standard InChI is InChI=1S/C21H33N3O4.HI/c1-21(2,3)28-19(25)15-7-9-16(10-8-15)24-20(22)23-13-14-6-11-17(26-4)18(12-14)27-5;/h6,11-12,15-16H,7-10,13H2,1-5H3,(H3,22,23,24);1H. The molecule has 0 unspecified atom stereocenters. The lowest BCUT2D eigenvalue weighted by atomic mass is 9.86. The van der Waals surface area contributed by atoms with Gasteiger partial charge >= 0.3 is 5.97 Å². The normalized spacial score (nSPS) is 19.7. The zero-order chi connectivity index (χ0) is 20.7. The maximum absolute atomic E-state index is 12.2. The molecule has 0 atom stereocenters. The highest BCUT2D eigenvalue weighted by molar-refractivity contribution is 14.0. The molecule has 1 saturated carbocycles. The topological polar surface area (TPSA) is 95.2 Å². The number of hydrogen-bond donors (Lipinski definition) is 2. The monoisotopic (exact) mass is 519 g/mol. The molecule has 2 rings (SSSR count). The van der Waals surface area contributed by atoms with Gasteiger partial charge in [-0.15, -0.1) is 24.0 Å². The van der Waals surface area contributed by atoms with E-state index in [9.17, 15) is 4.79 Å². The van der Waals surface area contributed by atoms with Crippen molar-refractivity contribution < 1.29 is 19.0 Å². The first kappa shape index (κ1) is 25.3. The zero-order valence-electron chi connectivity index (χ0n) is 18.0. The predicted octanol–water partition coefficient (Wildman–Crippen LogP) is 3.63. The van der Waals surface area contributed by atoms with Crippen LogP contribution in [0.1, 0.15) is 52.0 Å². The lowest BCUT2D eigenvalue weighted by Crippen LogP contribution is -2.43. The van der Waals surface area contributed by atoms with Gasteiger partial charge in [-0.2, -0.15) is 0 Å². The van der Waals surface area contributed by atoms with Crippen LogP contribution in [0.4, 0.5) is 0 Å². The van der Waals surface area contributed by atoms with Gasteiger partial charge in [0.2, 0.25) is 0 Å². The third-order valence-electron chi connectivity index (χ3n) is 4.70. The Labute approximate surface area is 190 Å². The van der Waals surface area contributed by atoms with Crippen LogP contribution in [0.3, 0.4) is 0 Å². The fourth-order valence-electron chi connectivity index (χ4n) is 3.27. The fourth-order valence-corrected chi connectivity index (χ4v) is 3.27. The van der Waals surface area contributed by atoms with E-state index >= 15 is 0 Å². The molecule has 1 aromatic carbocycles. The second-order valence-electron chi connectivity index (χ2n) is 8.12. The number of methoxy groups -OCH3 is 2. The van der Waals surface area contributed by atoms with E-state index in [-0.39, 0.29) is 41.9 Å². The minimum absolute atomic E-state index is 0. The molecule has 0 bridgehead atoms. The summed E-state index contributed by atoms with van der Waals surface area (Å²) < 4.78 is 16.0. The molecule has 164 valence electrons. The molecule has 3 N–H and O–H groups in total. The Balaban J connectivity index is 0.00000420. The van der Waals surface area contributed by atoms with E-state index in [4.69, 9.17) is 19.9 Å². The van der Waals surface area contributed by atoms with Crippen molar-refractivity contribution in [3.63, 3.8) is 0 Å². The lowest BCUT2D eigenvalue weighted by molar-refractivity contribution is -0.161. The molecule has 1 aliphatic carbocycles. The molecule has 0 aliphatic heterocycles. The molecule has 29 heavy (non-hydrogen) atoms. The van der Waals surface area contributed by atoms with Crippen molar-refractivity contribution in [1.29, 1.82) is 0 Å². The third-order valence-corrected chi connectivity index (χ3v) is 4.70. The van der Waals surface area contributed by atoms with Crippen LogP contribution in [-0.4, -0.2) is 37.8 Å². The average molecular weight is 519 g/mol. The summed E-state index contributed by atoms with van der Waals surface area (Å²) in [5, 5.41) is 3.27. The molecule has 1 fully saturated rings. The van der Waals surface area contributed by atoms with Gasteiger partial charge in [-0.1, -0.05) is 6.07 Å². The third kappa shape index (κ3) is 8.28. The number of esters is 1. The summed E-state index contributed by atoms with van der Waals surface area (Å²) in [6.45, 7) is 6.14. The molecule has 0 saturated heterocycles. The number of guanidine groups is 1. The van der Waals surface area contributed by atoms with E-state index in [1.54, 1.807) is 14.2 Å². The summed E-state index contributed by atoms with van der Waals surface area (Å²) in [6, 6.07) is 5.91.